The fourth-order valence-corrected chi connectivity index (χ4v) is 1.46. The van der Waals surface area contributed by atoms with Gasteiger partial charge in [-0.3, -0.25) is 0 Å². The van der Waals surface area contributed by atoms with E-state index in [-0.39, 0.29) is 12.1 Å². The van der Waals surface area contributed by atoms with Crippen LogP contribution in [0.4, 0.5) is 4.79 Å². The Kier molecular flexibility index (Phi) is 3.37. The summed E-state index contributed by atoms with van der Waals surface area (Å²) in [5.74, 6) is 0.475. The minimum absolute atomic E-state index is 0.199. The van der Waals surface area contributed by atoms with Crippen LogP contribution in [0.25, 0.3) is 0 Å². The standard InChI is InChI=1S/C10H20N2O2/c1-7-5-11-6-8(7)12-9(13)14-10(2,3)4/h7-8,11H,5-6H2,1-4H3,(H,12,13). The predicted molar refractivity (Wildman–Crippen MR) is 55.2 cm³/mol. The highest BCUT2D eigenvalue weighted by Crippen LogP contribution is 2.10. The lowest BCUT2D eigenvalue weighted by molar-refractivity contribution is 0.0499. The van der Waals surface area contributed by atoms with E-state index in [0.717, 1.165) is 13.1 Å². The SMILES string of the molecule is CC1CNCC1NC(=O)OC(C)(C)C. The summed E-state index contributed by atoms with van der Waals surface area (Å²) < 4.78 is 5.17. The Hall–Kier alpha value is -0.770. The summed E-state index contributed by atoms with van der Waals surface area (Å²) >= 11 is 0. The van der Waals surface area contributed by atoms with Gasteiger partial charge in [-0.25, -0.2) is 4.79 Å². The summed E-state index contributed by atoms with van der Waals surface area (Å²) in [5, 5.41) is 6.08. The van der Waals surface area contributed by atoms with Crippen molar-refractivity contribution in [2.75, 3.05) is 13.1 Å². The average Bonchev–Trinajstić information content (AvgIpc) is 2.32. The van der Waals surface area contributed by atoms with E-state index in [1.807, 2.05) is 20.8 Å². The van der Waals surface area contributed by atoms with E-state index in [0.29, 0.717) is 5.92 Å². The summed E-state index contributed by atoms with van der Waals surface area (Å²) in [6, 6.07) is 0.199. The molecule has 0 aromatic heterocycles. The first-order valence-electron chi connectivity index (χ1n) is 5.09. The number of carbonyl (C=O) groups is 1. The topological polar surface area (TPSA) is 50.4 Å². The lowest BCUT2D eigenvalue weighted by Gasteiger charge is -2.22. The largest absolute Gasteiger partial charge is 0.444 e. The summed E-state index contributed by atoms with van der Waals surface area (Å²) in [6.07, 6.45) is -0.321. The Labute approximate surface area is 85.4 Å². The second-order valence-corrected chi connectivity index (χ2v) is 4.89. The summed E-state index contributed by atoms with van der Waals surface area (Å²) in [5.41, 5.74) is -0.417. The van der Waals surface area contributed by atoms with Crippen molar-refractivity contribution in [3.05, 3.63) is 0 Å². The Bertz CT molecular complexity index is 211. The molecule has 0 aliphatic carbocycles. The van der Waals surface area contributed by atoms with Crippen molar-refractivity contribution < 1.29 is 9.53 Å². The fourth-order valence-electron chi connectivity index (χ4n) is 1.46. The third-order valence-corrected chi connectivity index (χ3v) is 2.22. The van der Waals surface area contributed by atoms with Crippen molar-refractivity contribution in [2.45, 2.75) is 39.3 Å². The van der Waals surface area contributed by atoms with Gasteiger partial charge in [-0.05, 0) is 33.2 Å². The molecular weight excluding hydrogens is 180 g/mol. The van der Waals surface area contributed by atoms with Crippen molar-refractivity contribution in [3.63, 3.8) is 0 Å². The van der Waals surface area contributed by atoms with E-state index >= 15 is 0 Å². The molecule has 2 unspecified atom stereocenters. The minimum atomic E-state index is -0.417. The summed E-state index contributed by atoms with van der Waals surface area (Å²) in [4.78, 5) is 11.4. The van der Waals surface area contributed by atoms with Gasteiger partial charge in [-0.15, -0.1) is 0 Å². The average molecular weight is 200 g/mol. The molecule has 1 fully saturated rings. The molecule has 0 saturated carbocycles. The number of nitrogens with one attached hydrogen (secondary N) is 2. The number of alkyl carbamates (subject to hydrolysis) is 1. The Morgan fingerprint density at radius 3 is 2.50 bits per heavy atom. The maximum atomic E-state index is 11.4. The fraction of sp³-hybridized carbons (Fsp3) is 0.900. The molecular formula is C10H20N2O2. The molecule has 0 aromatic carbocycles. The molecule has 0 aromatic rings. The van der Waals surface area contributed by atoms with E-state index in [1.165, 1.54) is 0 Å². The highest BCUT2D eigenvalue weighted by atomic mass is 16.6. The van der Waals surface area contributed by atoms with Crippen LogP contribution in [0, 0.1) is 5.92 Å². The first-order valence-corrected chi connectivity index (χ1v) is 5.09. The highest BCUT2D eigenvalue weighted by molar-refractivity contribution is 5.68. The Balaban J connectivity index is 2.33. The predicted octanol–water partition coefficient (Wildman–Crippen LogP) is 1.12. The van der Waals surface area contributed by atoms with Crippen LogP contribution in [0.15, 0.2) is 0 Å². The van der Waals surface area contributed by atoms with Crippen molar-refractivity contribution in [3.8, 4) is 0 Å². The molecule has 0 radical (unpaired) electrons. The molecule has 82 valence electrons. The molecule has 0 spiro atoms. The van der Waals surface area contributed by atoms with Crippen molar-refractivity contribution in [1.29, 1.82) is 0 Å². The van der Waals surface area contributed by atoms with Crippen LogP contribution in [0.1, 0.15) is 27.7 Å². The number of carbonyl (C=O) groups excluding carboxylic acids is 1. The molecule has 1 saturated heterocycles. The molecule has 1 aliphatic heterocycles. The molecule has 0 bridgehead atoms. The smallest absolute Gasteiger partial charge is 0.407 e. The van der Waals surface area contributed by atoms with E-state index in [2.05, 4.69) is 17.6 Å². The highest BCUT2D eigenvalue weighted by Gasteiger charge is 2.26. The van der Waals surface area contributed by atoms with Crippen molar-refractivity contribution >= 4 is 6.09 Å². The van der Waals surface area contributed by atoms with Gasteiger partial charge in [0, 0.05) is 12.6 Å². The van der Waals surface area contributed by atoms with Crippen LogP contribution in [-0.2, 0) is 4.74 Å². The molecule has 1 heterocycles. The maximum Gasteiger partial charge on any atom is 0.407 e. The Morgan fingerprint density at radius 2 is 2.07 bits per heavy atom. The number of hydrogen-bond acceptors (Lipinski definition) is 3. The Morgan fingerprint density at radius 1 is 1.43 bits per heavy atom. The van der Waals surface area contributed by atoms with Gasteiger partial charge in [0.05, 0.1) is 0 Å². The van der Waals surface area contributed by atoms with Crippen LogP contribution in [0.2, 0.25) is 0 Å². The number of amides is 1. The van der Waals surface area contributed by atoms with E-state index < -0.39 is 5.60 Å². The van der Waals surface area contributed by atoms with Crippen LogP contribution in [-0.4, -0.2) is 30.8 Å². The van der Waals surface area contributed by atoms with Gasteiger partial charge in [-0.1, -0.05) is 6.92 Å². The number of rotatable bonds is 1. The van der Waals surface area contributed by atoms with E-state index in [9.17, 15) is 4.79 Å². The first kappa shape index (κ1) is 11.3. The van der Waals surface area contributed by atoms with Crippen LogP contribution in [0.3, 0.4) is 0 Å². The van der Waals surface area contributed by atoms with Gasteiger partial charge >= 0.3 is 6.09 Å². The number of hydrogen-bond donors (Lipinski definition) is 2. The molecule has 4 heteroatoms. The lowest BCUT2D eigenvalue weighted by atomic mass is 10.1. The molecule has 14 heavy (non-hydrogen) atoms. The van der Waals surface area contributed by atoms with Gasteiger partial charge in [0.15, 0.2) is 0 Å². The lowest BCUT2D eigenvalue weighted by Crippen LogP contribution is -2.42. The third-order valence-electron chi connectivity index (χ3n) is 2.22. The minimum Gasteiger partial charge on any atom is -0.444 e. The van der Waals surface area contributed by atoms with Gasteiger partial charge in [0.2, 0.25) is 0 Å². The molecule has 2 atom stereocenters. The van der Waals surface area contributed by atoms with Crippen LogP contribution < -0.4 is 10.6 Å². The molecule has 1 rings (SSSR count). The van der Waals surface area contributed by atoms with Gasteiger partial charge < -0.3 is 15.4 Å². The second kappa shape index (κ2) is 4.17. The quantitative estimate of drug-likeness (QED) is 0.667. The molecule has 1 aliphatic rings. The van der Waals surface area contributed by atoms with Crippen molar-refractivity contribution in [1.82, 2.24) is 10.6 Å². The van der Waals surface area contributed by atoms with Crippen molar-refractivity contribution in [2.24, 2.45) is 5.92 Å². The van der Waals surface area contributed by atoms with E-state index in [1.54, 1.807) is 0 Å². The molecule has 4 nitrogen and oxygen atoms in total. The van der Waals surface area contributed by atoms with Gasteiger partial charge in [-0.2, -0.15) is 0 Å². The van der Waals surface area contributed by atoms with Crippen LogP contribution in [0.5, 0.6) is 0 Å². The summed E-state index contributed by atoms with van der Waals surface area (Å²) in [7, 11) is 0. The zero-order chi connectivity index (χ0) is 10.8. The monoisotopic (exact) mass is 200 g/mol. The number of ether oxygens (including phenoxy) is 1. The van der Waals surface area contributed by atoms with E-state index in [4.69, 9.17) is 4.74 Å². The zero-order valence-electron chi connectivity index (χ0n) is 9.39. The van der Waals surface area contributed by atoms with Crippen LogP contribution >= 0.6 is 0 Å². The third kappa shape index (κ3) is 3.54. The molecule has 1 amide bonds. The van der Waals surface area contributed by atoms with Gasteiger partial charge in [0.1, 0.15) is 5.60 Å². The zero-order valence-corrected chi connectivity index (χ0v) is 9.39. The molecule has 2 N–H and O–H groups in total. The normalized spacial score (nSPS) is 27.4. The first-order chi connectivity index (χ1) is 6.38. The summed E-state index contributed by atoms with van der Waals surface area (Å²) in [6.45, 7) is 9.50. The van der Waals surface area contributed by atoms with Gasteiger partial charge in [0.25, 0.3) is 0 Å². The second-order valence-electron chi connectivity index (χ2n) is 4.89. The maximum absolute atomic E-state index is 11.4.